The number of likely N-dealkylation sites (tertiary alicyclic amines) is 1. The quantitative estimate of drug-likeness (QED) is 0.924. The summed E-state index contributed by atoms with van der Waals surface area (Å²) < 4.78 is 5.45. The average molecular weight is 297 g/mol. The molecular formula is C16H25ClN2O. The highest BCUT2D eigenvalue weighted by molar-refractivity contribution is 6.31. The van der Waals surface area contributed by atoms with Crippen LogP contribution in [0, 0.1) is 5.92 Å². The van der Waals surface area contributed by atoms with Gasteiger partial charge in [0.15, 0.2) is 0 Å². The zero-order chi connectivity index (χ0) is 14.7. The molecule has 0 spiro atoms. The molecule has 0 aromatic heterocycles. The van der Waals surface area contributed by atoms with Crippen molar-refractivity contribution in [2.24, 2.45) is 5.92 Å². The molecule has 0 radical (unpaired) electrons. The molecule has 1 fully saturated rings. The maximum absolute atomic E-state index is 6.35. The normalized spacial score (nSPS) is 27.6. The van der Waals surface area contributed by atoms with Gasteiger partial charge in [0.1, 0.15) is 5.75 Å². The lowest BCUT2D eigenvalue weighted by molar-refractivity contribution is 0.0804. The smallest absolute Gasteiger partial charge is 0.124 e. The molecule has 0 saturated carbocycles. The number of piperidine rings is 1. The molecule has 3 nitrogen and oxygen atoms in total. The van der Waals surface area contributed by atoms with Gasteiger partial charge in [0.05, 0.1) is 7.11 Å². The number of rotatable bonds is 4. The minimum Gasteiger partial charge on any atom is -0.496 e. The molecule has 1 aliphatic rings. The van der Waals surface area contributed by atoms with Crippen molar-refractivity contribution in [2.75, 3.05) is 20.7 Å². The van der Waals surface area contributed by atoms with Gasteiger partial charge in [-0.1, -0.05) is 24.6 Å². The van der Waals surface area contributed by atoms with E-state index in [1.54, 1.807) is 7.11 Å². The van der Waals surface area contributed by atoms with Crippen molar-refractivity contribution in [3.8, 4) is 5.75 Å². The molecule has 20 heavy (non-hydrogen) atoms. The standard InChI is InChI=1S/C16H25ClN2O/c1-11-12(2)19(9-8-15(11)18-3)10-13-14(17)6-5-7-16(13)20-4/h5-7,11-12,15,18H,8-10H2,1-4H3. The molecule has 1 heterocycles. The van der Waals surface area contributed by atoms with Gasteiger partial charge in [-0.3, -0.25) is 4.90 Å². The molecule has 4 heteroatoms. The first-order valence-electron chi connectivity index (χ1n) is 7.31. The second-order valence-electron chi connectivity index (χ2n) is 5.67. The third-order valence-corrected chi connectivity index (χ3v) is 5.08. The molecule has 1 aliphatic heterocycles. The molecule has 3 unspecified atom stereocenters. The van der Waals surface area contributed by atoms with E-state index in [0.29, 0.717) is 18.0 Å². The minimum absolute atomic E-state index is 0.530. The Morgan fingerprint density at radius 2 is 2.15 bits per heavy atom. The number of hydrogen-bond acceptors (Lipinski definition) is 3. The van der Waals surface area contributed by atoms with Crippen LogP contribution in [0.1, 0.15) is 25.8 Å². The molecule has 0 amide bonds. The van der Waals surface area contributed by atoms with Crippen molar-refractivity contribution in [1.29, 1.82) is 0 Å². The van der Waals surface area contributed by atoms with E-state index in [1.807, 2.05) is 18.2 Å². The summed E-state index contributed by atoms with van der Waals surface area (Å²) in [6, 6.07) is 6.99. The molecule has 1 aromatic rings. The molecule has 1 aromatic carbocycles. The van der Waals surface area contributed by atoms with Gasteiger partial charge in [-0.2, -0.15) is 0 Å². The summed E-state index contributed by atoms with van der Waals surface area (Å²) in [6.07, 6.45) is 1.18. The van der Waals surface area contributed by atoms with Crippen LogP contribution in [0.15, 0.2) is 18.2 Å². The predicted molar refractivity (Wildman–Crippen MR) is 84.5 cm³/mol. The lowest BCUT2D eigenvalue weighted by Crippen LogP contribution is -2.52. The van der Waals surface area contributed by atoms with Crippen molar-refractivity contribution >= 4 is 11.6 Å². The number of nitrogens with zero attached hydrogens (tertiary/aromatic N) is 1. The Balaban J connectivity index is 2.15. The fourth-order valence-corrected chi connectivity index (χ4v) is 3.38. The van der Waals surface area contributed by atoms with Gasteiger partial charge >= 0.3 is 0 Å². The molecule has 2 rings (SSSR count). The van der Waals surface area contributed by atoms with Gasteiger partial charge in [0.25, 0.3) is 0 Å². The van der Waals surface area contributed by atoms with Gasteiger partial charge < -0.3 is 10.1 Å². The van der Waals surface area contributed by atoms with Crippen LogP contribution >= 0.6 is 11.6 Å². The van der Waals surface area contributed by atoms with Crippen LogP contribution in [0.3, 0.4) is 0 Å². The van der Waals surface area contributed by atoms with Crippen LogP contribution in [0.5, 0.6) is 5.75 Å². The van der Waals surface area contributed by atoms with Gasteiger partial charge in [0.2, 0.25) is 0 Å². The second-order valence-corrected chi connectivity index (χ2v) is 6.08. The highest BCUT2D eigenvalue weighted by Gasteiger charge is 2.32. The third-order valence-electron chi connectivity index (χ3n) is 4.73. The Morgan fingerprint density at radius 3 is 2.80 bits per heavy atom. The first kappa shape index (κ1) is 15.6. The van der Waals surface area contributed by atoms with Crippen molar-refractivity contribution < 1.29 is 4.74 Å². The summed E-state index contributed by atoms with van der Waals surface area (Å²) in [7, 11) is 3.76. The highest BCUT2D eigenvalue weighted by Crippen LogP contribution is 2.31. The van der Waals surface area contributed by atoms with Crippen molar-refractivity contribution in [3.05, 3.63) is 28.8 Å². The van der Waals surface area contributed by atoms with E-state index in [4.69, 9.17) is 16.3 Å². The first-order chi connectivity index (χ1) is 9.58. The number of hydrogen-bond donors (Lipinski definition) is 1. The van der Waals surface area contributed by atoms with E-state index < -0.39 is 0 Å². The molecule has 3 atom stereocenters. The fraction of sp³-hybridized carbons (Fsp3) is 0.625. The topological polar surface area (TPSA) is 24.5 Å². The number of ether oxygens (including phenoxy) is 1. The summed E-state index contributed by atoms with van der Waals surface area (Å²) in [5, 5.41) is 4.22. The highest BCUT2D eigenvalue weighted by atomic mass is 35.5. The largest absolute Gasteiger partial charge is 0.496 e. The van der Waals surface area contributed by atoms with Crippen molar-refractivity contribution in [1.82, 2.24) is 10.2 Å². The lowest BCUT2D eigenvalue weighted by atomic mass is 9.87. The Kier molecular flexibility index (Phi) is 5.30. The lowest BCUT2D eigenvalue weighted by Gasteiger charge is -2.43. The Morgan fingerprint density at radius 1 is 1.40 bits per heavy atom. The molecule has 0 bridgehead atoms. The summed E-state index contributed by atoms with van der Waals surface area (Å²) in [5.74, 6) is 1.51. The summed E-state index contributed by atoms with van der Waals surface area (Å²) in [6.45, 7) is 6.56. The van der Waals surface area contributed by atoms with Gasteiger partial charge in [-0.25, -0.2) is 0 Å². The van der Waals surface area contributed by atoms with Crippen LogP contribution in [-0.4, -0.2) is 37.7 Å². The van der Waals surface area contributed by atoms with Crippen LogP contribution in [0.4, 0.5) is 0 Å². The van der Waals surface area contributed by atoms with Crippen LogP contribution in [0.2, 0.25) is 5.02 Å². The summed E-state index contributed by atoms with van der Waals surface area (Å²) >= 11 is 6.35. The number of nitrogens with one attached hydrogen (secondary N) is 1. The summed E-state index contributed by atoms with van der Waals surface area (Å²) in [4.78, 5) is 2.50. The SMILES string of the molecule is CNC1CCN(Cc2c(Cl)cccc2OC)C(C)C1C. The molecule has 1 N–H and O–H groups in total. The first-order valence-corrected chi connectivity index (χ1v) is 7.69. The van der Waals surface area contributed by atoms with Crippen molar-refractivity contribution in [2.45, 2.75) is 38.9 Å². The average Bonchev–Trinajstić information content (AvgIpc) is 2.46. The van der Waals surface area contributed by atoms with E-state index in [1.165, 1.54) is 6.42 Å². The monoisotopic (exact) mass is 296 g/mol. The van der Waals surface area contributed by atoms with Crippen molar-refractivity contribution in [3.63, 3.8) is 0 Å². The minimum atomic E-state index is 0.530. The van der Waals surface area contributed by atoms with E-state index >= 15 is 0 Å². The maximum atomic E-state index is 6.35. The van der Waals surface area contributed by atoms with E-state index in [-0.39, 0.29) is 0 Å². The van der Waals surface area contributed by atoms with Gasteiger partial charge in [-0.15, -0.1) is 0 Å². The Bertz CT molecular complexity index is 452. The molecule has 112 valence electrons. The Labute approximate surface area is 127 Å². The zero-order valence-electron chi connectivity index (χ0n) is 12.8. The third kappa shape index (κ3) is 3.11. The van der Waals surface area contributed by atoms with Gasteiger partial charge in [-0.05, 0) is 38.4 Å². The fourth-order valence-electron chi connectivity index (χ4n) is 3.16. The molecule has 1 saturated heterocycles. The zero-order valence-corrected chi connectivity index (χ0v) is 13.6. The summed E-state index contributed by atoms with van der Waals surface area (Å²) in [5.41, 5.74) is 1.10. The number of methoxy groups -OCH3 is 1. The number of halogens is 1. The molecular weight excluding hydrogens is 272 g/mol. The van der Waals surface area contributed by atoms with E-state index in [9.17, 15) is 0 Å². The Hall–Kier alpha value is -0.770. The van der Waals surface area contributed by atoms with Crippen LogP contribution in [0.25, 0.3) is 0 Å². The van der Waals surface area contributed by atoms with Crippen LogP contribution < -0.4 is 10.1 Å². The van der Waals surface area contributed by atoms with Crippen LogP contribution in [-0.2, 0) is 6.54 Å². The van der Waals surface area contributed by atoms with E-state index in [2.05, 4.69) is 31.1 Å². The van der Waals surface area contributed by atoms with Gasteiger partial charge in [0, 0.05) is 35.8 Å². The van der Waals surface area contributed by atoms with E-state index in [0.717, 1.165) is 29.4 Å². The molecule has 0 aliphatic carbocycles. The second kappa shape index (κ2) is 6.79. The maximum Gasteiger partial charge on any atom is 0.124 e. The predicted octanol–water partition coefficient (Wildman–Crippen LogP) is 3.17. The number of benzene rings is 1.